The Morgan fingerprint density at radius 2 is 1.96 bits per heavy atom. The summed E-state index contributed by atoms with van der Waals surface area (Å²) in [5, 5.41) is 3.02. The molecule has 0 aliphatic carbocycles. The molecule has 1 saturated heterocycles. The zero-order chi connectivity index (χ0) is 16.2. The van der Waals surface area contributed by atoms with Gasteiger partial charge in [-0.15, -0.1) is 0 Å². The van der Waals surface area contributed by atoms with Crippen LogP contribution in [0.25, 0.3) is 0 Å². The quantitative estimate of drug-likeness (QED) is 0.897. The van der Waals surface area contributed by atoms with Gasteiger partial charge in [0.05, 0.1) is 0 Å². The zero-order valence-electron chi connectivity index (χ0n) is 13.8. The van der Waals surface area contributed by atoms with E-state index in [9.17, 15) is 9.59 Å². The van der Waals surface area contributed by atoms with E-state index in [4.69, 9.17) is 0 Å². The first-order valence-corrected chi connectivity index (χ1v) is 8.60. The molecule has 1 aromatic carbocycles. The number of hydrogen-bond acceptors (Lipinski definition) is 3. The van der Waals surface area contributed by atoms with Crippen molar-refractivity contribution < 1.29 is 9.59 Å². The van der Waals surface area contributed by atoms with E-state index in [1.807, 2.05) is 31.2 Å². The van der Waals surface area contributed by atoms with Crippen molar-refractivity contribution in [2.24, 2.45) is 0 Å². The summed E-state index contributed by atoms with van der Waals surface area (Å²) in [5.74, 6) is -0.0307. The second-order valence-corrected chi connectivity index (χ2v) is 6.31. The lowest BCUT2D eigenvalue weighted by Crippen LogP contribution is -2.49. The molecule has 1 atom stereocenters. The van der Waals surface area contributed by atoms with E-state index in [0.29, 0.717) is 19.4 Å². The second-order valence-electron chi connectivity index (χ2n) is 6.31. The molecule has 0 radical (unpaired) electrons. The number of nitrogens with one attached hydrogen (secondary N) is 1. The molecule has 124 valence electrons. The number of anilines is 1. The molecule has 1 fully saturated rings. The van der Waals surface area contributed by atoms with Gasteiger partial charge in [0.25, 0.3) is 0 Å². The highest BCUT2D eigenvalue weighted by molar-refractivity contribution is 6.03. The first-order chi connectivity index (χ1) is 11.2. The maximum Gasteiger partial charge on any atom is 0.243 e. The van der Waals surface area contributed by atoms with Gasteiger partial charge in [-0.3, -0.25) is 14.5 Å². The number of rotatable bonds is 5. The Bertz CT molecular complexity index is 581. The average Bonchev–Trinajstić information content (AvgIpc) is 3.21. The van der Waals surface area contributed by atoms with E-state index in [-0.39, 0.29) is 11.8 Å². The van der Waals surface area contributed by atoms with Crippen LogP contribution in [0.15, 0.2) is 24.3 Å². The highest BCUT2D eigenvalue weighted by Crippen LogP contribution is 2.32. The van der Waals surface area contributed by atoms with E-state index < -0.39 is 6.04 Å². The largest absolute Gasteiger partial charge is 0.353 e. The fourth-order valence-corrected chi connectivity index (χ4v) is 3.54. The highest BCUT2D eigenvalue weighted by atomic mass is 16.2. The molecule has 0 aromatic heterocycles. The molecule has 2 heterocycles. The summed E-state index contributed by atoms with van der Waals surface area (Å²) in [4.78, 5) is 29.0. The van der Waals surface area contributed by atoms with Gasteiger partial charge < -0.3 is 10.2 Å². The van der Waals surface area contributed by atoms with Crippen LogP contribution in [-0.2, 0) is 16.0 Å². The molecule has 3 rings (SSSR count). The van der Waals surface area contributed by atoms with Crippen LogP contribution in [-0.4, -0.2) is 48.9 Å². The molecule has 0 spiro atoms. The third-order valence-corrected chi connectivity index (χ3v) is 4.78. The van der Waals surface area contributed by atoms with Crippen molar-refractivity contribution >= 4 is 17.5 Å². The van der Waals surface area contributed by atoms with Crippen molar-refractivity contribution in [2.75, 3.05) is 31.1 Å². The maximum atomic E-state index is 12.6. The Balaban J connectivity index is 1.63. The Hall–Kier alpha value is -1.88. The predicted molar refractivity (Wildman–Crippen MR) is 90.4 cm³/mol. The Kier molecular flexibility index (Phi) is 4.96. The van der Waals surface area contributed by atoms with E-state index in [0.717, 1.165) is 30.9 Å². The van der Waals surface area contributed by atoms with Gasteiger partial charge in [0.1, 0.15) is 6.04 Å². The average molecular weight is 315 g/mol. The molecule has 0 saturated carbocycles. The number of carbonyl (C=O) groups is 2. The zero-order valence-corrected chi connectivity index (χ0v) is 13.8. The molecule has 23 heavy (non-hydrogen) atoms. The van der Waals surface area contributed by atoms with Gasteiger partial charge >= 0.3 is 0 Å². The van der Waals surface area contributed by atoms with E-state index in [1.165, 1.54) is 12.8 Å². The van der Waals surface area contributed by atoms with E-state index in [1.54, 1.807) is 4.90 Å². The third-order valence-electron chi connectivity index (χ3n) is 4.78. The number of hydrogen-bond donors (Lipinski definition) is 1. The molecular weight excluding hydrogens is 290 g/mol. The van der Waals surface area contributed by atoms with Gasteiger partial charge in [0.15, 0.2) is 0 Å². The number of para-hydroxylation sites is 1. The number of carbonyl (C=O) groups excluding carboxylic acids is 2. The minimum atomic E-state index is -0.404. The first-order valence-electron chi connectivity index (χ1n) is 8.60. The summed E-state index contributed by atoms with van der Waals surface area (Å²) >= 11 is 0. The number of amides is 2. The van der Waals surface area contributed by atoms with Crippen LogP contribution in [0, 0.1) is 0 Å². The van der Waals surface area contributed by atoms with Crippen molar-refractivity contribution in [2.45, 2.75) is 38.6 Å². The Morgan fingerprint density at radius 3 is 2.70 bits per heavy atom. The van der Waals surface area contributed by atoms with Gasteiger partial charge in [-0.05, 0) is 37.6 Å². The molecule has 5 heteroatoms. The van der Waals surface area contributed by atoms with Crippen molar-refractivity contribution in [3.05, 3.63) is 29.8 Å². The lowest BCUT2D eigenvalue weighted by atomic mass is 10.1. The van der Waals surface area contributed by atoms with Crippen LogP contribution >= 0.6 is 0 Å². The first kappa shape index (κ1) is 16.0. The number of benzene rings is 1. The summed E-state index contributed by atoms with van der Waals surface area (Å²) < 4.78 is 0. The topological polar surface area (TPSA) is 52.7 Å². The molecule has 0 unspecified atom stereocenters. The highest BCUT2D eigenvalue weighted by Gasteiger charge is 2.37. The molecule has 2 amide bonds. The summed E-state index contributed by atoms with van der Waals surface area (Å²) in [6, 6.07) is 7.41. The molecule has 0 bridgehead atoms. The van der Waals surface area contributed by atoms with Crippen molar-refractivity contribution in [1.29, 1.82) is 0 Å². The van der Waals surface area contributed by atoms with Crippen LogP contribution in [0.4, 0.5) is 5.69 Å². The lowest BCUT2D eigenvalue weighted by molar-refractivity contribution is -0.126. The summed E-state index contributed by atoms with van der Waals surface area (Å²) in [6.07, 6.45) is 3.53. The molecule has 5 nitrogen and oxygen atoms in total. The van der Waals surface area contributed by atoms with Crippen LogP contribution < -0.4 is 10.2 Å². The van der Waals surface area contributed by atoms with Gasteiger partial charge in [-0.2, -0.15) is 0 Å². The predicted octanol–water partition coefficient (Wildman–Crippen LogP) is 1.57. The van der Waals surface area contributed by atoms with Crippen molar-refractivity contribution in [3.8, 4) is 0 Å². The van der Waals surface area contributed by atoms with Crippen LogP contribution in [0.1, 0.15) is 31.7 Å². The second kappa shape index (κ2) is 7.13. The van der Waals surface area contributed by atoms with Gasteiger partial charge in [-0.1, -0.05) is 25.1 Å². The molecule has 2 aliphatic rings. The Labute approximate surface area is 137 Å². The lowest BCUT2D eigenvalue weighted by Gasteiger charge is -2.25. The van der Waals surface area contributed by atoms with E-state index >= 15 is 0 Å². The third kappa shape index (κ3) is 3.39. The maximum absolute atomic E-state index is 12.6. The van der Waals surface area contributed by atoms with Gasteiger partial charge in [0.2, 0.25) is 11.8 Å². The van der Waals surface area contributed by atoms with Crippen molar-refractivity contribution in [1.82, 2.24) is 10.2 Å². The normalized spacial score (nSPS) is 20.6. The monoisotopic (exact) mass is 315 g/mol. The fraction of sp³-hybridized carbons (Fsp3) is 0.556. The van der Waals surface area contributed by atoms with Crippen LogP contribution in [0.3, 0.4) is 0 Å². The molecule has 2 aliphatic heterocycles. The van der Waals surface area contributed by atoms with Crippen LogP contribution in [0.5, 0.6) is 0 Å². The summed E-state index contributed by atoms with van der Waals surface area (Å²) in [6.45, 7) is 5.65. The fourth-order valence-electron chi connectivity index (χ4n) is 3.54. The van der Waals surface area contributed by atoms with E-state index in [2.05, 4.69) is 10.2 Å². The molecular formula is C18H25N3O2. The number of fused-ring (bicyclic) bond motifs is 1. The van der Waals surface area contributed by atoms with Gasteiger partial charge in [0, 0.05) is 31.6 Å². The molecule has 1 aromatic rings. The van der Waals surface area contributed by atoms with Crippen LogP contribution in [0.2, 0.25) is 0 Å². The number of likely N-dealkylation sites (tertiary alicyclic amines) is 1. The summed E-state index contributed by atoms with van der Waals surface area (Å²) in [7, 11) is 0. The standard InChI is InChI=1S/C18H25N3O2/c1-2-17(22)21-15-8-4-3-7-14(15)13-16(21)18(23)19-9-12-20-10-5-6-11-20/h3-4,7-8,16H,2,5-6,9-13H2,1H3,(H,19,23)/t16-/m0/s1. The number of nitrogens with zero attached hydrogens (tertiary/aromatic N) is 2. The minimum Gasteiger partial charge on any atom is -0.353 e. The Morgan fingerprint density at radius 1 is 1.22 bits per heavy atom. The SMILES string of the molecule is CCC(=O)N1c2ccccc2C[C@H]1C(=O)NCCN1CCCC1. The smallest absolute Gasteiger partial charge is 0.243 e. The molecule has 1 N–H and O–H groups in total. The summed E-state index contributed by atoms with van der Waals surface area (Å²) in [5.41, 5.74) is 1.97. The van der Waals surface area contributed by atoms with Crippen molar-refractivity contribution in [3.63, 3.8) is 0 Å². The van der Waals surface area contributed by atoms with Gasteiger partial charge in [-0.25, -0.2) is 0 Å². The minimum absolute atomic E-state index is 0.00893.